The molecule has 0 bridgehead atoms. The van der Waals surface area contributed by atoms with E-state index in [1.807, 2.05) is 0 Å². The number of phenols is 1. The van der Waals surface area contributed by atoms with E-state index in [1.165, 1.54) is 32.1 Å². The number of hydrogen-bond acceptors (Lipinski definition) is 4. The summed E-state index contributed by atoms with van der Waals surface area (Å²) in [6, 6.07) is 9.66. The number of nitrogens with zero attached hydrogens (tertiary/aromatic N) is 1. The molecule has 2 aromatic carbocycles. The minimum Gasteiger partial charge on any atom is -0.507 e. The lowest BCUT2D eigenvalue weighted by molar-refractivity contribution is 0.317. The van der Waals surface area contributed by atoms with Gasteiger partial charge in [-0.3, -0.25) is 0 Å². The molecule has 26 heavy (non-hydrogen) atoms. The first-order chi connectivity index (χ1) is 12.6. The molecule has 0 saturated heterocycles. The third-order valence-electron chi connectivity index (χ3n) is 4.43. The highest BCUT2D eigenvalue weighted by Gasteiger charge is 2.13. The predicted molar refractivity (Wildman–Crippen MR) is 102 cm³/mol. The summed E-state index contributed by atoms with van der Waals surface area (Å²) in [6.07, 6.45) is 6.02. The standard InChI is InChI=1S/C21H26FNO3/c1-3-4-5-6-7-8-19(23-25)17-13-15(9-11-20(17)24)16-10-12-21(26-2)18(22)14-16/h9-14,24-25H,3-8H2,1-2H3/b23-19+. The van der Waals surface area contributed by atoms with Crippen LogP contribution in [0.3, 0.4) is 0 Å². The molecule has 0 radical (unpaired) electrons. The second-order valence-corrected chi connectivity index (χ2v) is 6.29. The normalized spacial score (nSPS) is 11.6. The van der Waals surface area contributed by atoms with Gasteiger partial charge in [-0.05, 0) is 48.2 Å². The van der Waals surface area contributed by atoms with Crippen molar-refractivity contribution in [2.75, 3.05) is 7.11 Å². The van der Waals surface area contributed by atoms with Crippen LogP contribution in [-0.4, -0.2) is 23.1 Å². The third-order valence-corrected chi connectivity index (χ3v) is 4.43. The Labute approximate surface area is 153 Å². The van der Waals surface area contributed by atoms with Crippen molar-refractivity contribution in [2.24, 2.45) is 5.16 Å². The lowest BCUT2D eigenvalue weighted by Crippen LogP contribution is -2.02. The van der Waals surface area contributed by atoms with Gasteiger partial charge in [0.1, 0.15) is 5.75 Å². The number of methoxy groups -OCH3 is 1. The molecule has 0 aliphatic heterocycles. The lowest BCUT2D eigenvalue weighted by Gasteiger charge is -2.11. The lowest BCUT2D eigenvalue weighted by atomic mass is 9.97. The first-order valence-electron chi connectivity index (χ1n) is 8.99. The predicted octanol–water partition coefficient (Wildman–Crippen LogP) is 5.75. The fraction of sp³-hybridized carbons (Fsp3) is 0.381. The summed E-state index contributed by atoms with van der Waals surface area (Å²) >= 11 is 0. The molecule has 0 aliphatic carbocycles. The van der Waals surface area contributed by atoms with Crippen molar-refractivity contribution in [3.63, 3.8) is 0 Å². The van der Waals surface area contributed by atoms with Crippen LogP contribution in [0.15, 0.2) is 41.6 Å². The van der Waals surface area contributed by atoms with E-state index >= 15 is 0 Å². The van der Waals surface area contributed by atoms with E-state index in [-0.39, 0.29) is 11.5 Å². The van der Waals surface area contributed by atoms with Gasteiger partial charge in [0.15, 0.2) is 11.6 Å². The van der Waals surface area contributed by atoms with Crippen molar-refractivity contribution >= 4 is 5.71 Å². The molecule has 2 N–H and O–H groups in total. The number of phenolic OH excluding ortho intramolecular Hbond substituents is 1. The van der Waals surface area contributed by atoms with Crippen molar-refractivity contribution in [1.82, 2.24) is 0 Å². The number of halogens is 1. The molecule has 0 amide bonds. The molecule has 0 aliphatic rings. The van der Waals surface area contributed by atoms with Crippen molar-refractivity contribution in [3.05, 3.63) is 47.8 Å². The molecule has 0 atom stereocenters. The summed E-state index contributed by atoms with van der Waals surface area (Å²) in [5.41, 5.74) is 2.29. The zero-order chi connectivity index (χ0) is 18.9. The SMILES string of the molecule is CCCCCCC/C(=N\O)c1cc(-c2ccc(OC)c(F)c2)ccc1O. The molecule has 140 valence electrons. The average Bonchev–Trinajstić information content (AvgIpc) is 2.65. The number of oxime groups is 1. The Morgan fingerprint density at radius 2 is 1.73 bits per heavy atom. The van der Waals surface area contributed by atoms with Crippen LogP contribution in [0.25, 0.3) is 11.1 Å². The van der Waals surface area contributed by atoms with Gasteiger partial charge in [-0.25, -0.2) is 4.39 Å². The fourth-order valence-electron chi connectivity index (χ4n) is 2.93. The molecule has 5 heteroatoms. The van der Waals surface area contributed by atoms with Crippen LogP contribution < -0.4 is 4.74 Å². The maximum Gasteiger partial charge on any atom is 0.165 e. The quantitative estimate of drug-likeness (QED) is 0.259. The second-order valence-electron chi connectivity index (χ2n) is 6.29. The van der Waals surface area contributed by atoms with E-state index in [2.05, 4.69) is 12.1 Å². The molecule has 2 aromatic rings. The van der Waals surface area contributed by atoms with E-state index in [0.29, 0.717) is 23.3 Å². The van der Waals surface area contributed by atoms with Gasteiger partial charge in [0, 0.05) is 5.56 Å². The molecular weight excluding hydrogens is 333 g/mol. The van der Waals surface area contributed by atoms with Gasteiger partial charge >= 0.3 is 0 Å². The highest BCUT2D eigenvalue weighted by atomic mass is 19.1. The van der Waals surface area contributed by atoms with Crippen LogP contribution >= 0.6 is 0 Å². The number of unbranched alkanes of at least 4 members (excludes halogenated alkanes) is 4. The van der Waals surface area contributed by atoms with Crippen LogP contribution in [0.1, 0.15) is 51.0 Å². The topological polar surface area (TPSA) is 62.1 Å². The summed E-state index contributed by atoms with van der Waals surface area (Å²) in [4.78, 5) is 0. The maximum absolute atomic E-state index is 14.0. The monoisotopic (exact) mass is 359 g/mol. The summed E-state index contributed by atoms with van der Waals surface area (Å²) < 4.78 is 18.9. The molecule has 4 nitrogen and oxygen atoms in total. The molecule has 0 spiro atoms. The third kappa shape index (κ3) is 4.97. The number of hydrogen-bond donors (Lipinski definition) is 2. The second kappa shape index (κ2) is 9.80. The van der Waals surface area contributed by atoms with Crippen LogP contribution in [0.2, 0.25) is 0 Å². The van der Waals surface area contributed by atoms with Crippen molar-refractivity contribution in [1.29, 1.82) is 0 Å². The largest absolute Gasteiger partial charge is 0.507 e. The zero-order valence-electron chi connectivity index (χ0n) is 15.3. The Morgan fingerprint density at radius 1 is 1.04 bits per heavy atom. The minimum absolute atomic E-state index is 0.0455. The van der Waals surface area contributed by atoms with Gasteiger partial charge in [-0.15, -0.1) is 0 Å². The van der Waals surface area contributed by atoms with E-state index in [9.17, 15) is 14.7 Å². The van der Waals surface area contributed by atoms with Gasteiger partial charge in [0.2, 0.25) is 0 Å². The Balaban J connectivity index is 2.21. The van der Waals surface area contributed by atoms with Crippen molar-refractivity contribution in [3.8, 4) is 22.6 Å². The van der Waals surface area contributed by atoms with Crippen LogP contribution in [0, 0.1) is 5.82 Å². The molecule has 2 rings (SSSR count). The van der Waals surface area contributed by atoms with Gasteiger partial charge < -0.3 is 15.1 Å². The summed E-state index contributed by atoms with van der Waals surface area (Å²) in [5.74, 6) is -0.229. The highest BCUT2D eigenvalue weighted by molar-refractivity contribution is 6.03. The Morgan fingerprint density at radius 3 is 2.38 bits per heavy atom. The first kappa shape index (κ1) is 19.8. The summed E-state index contributed by atoms with van der Waals surface area (Å²) in [6.45, 7) is 2.16. The highest BCUT2D eigenvalue weighted by Crippen LogP contribution is 2.30. The minimum atomic E-state index is -0.452. The fourth-order valence-corrected chi connectivity index (χ4v) is 2.93. The first-order valence-corrected chi connectivity index (χ1v) is 8.99. The van der Waals surface area contributed by atoms with E-state index < -0.39 is 5.82 Å². The number of aromatic hydroxyl groups is 1. The average molecular weight is 359 g/mol. The van der Waals surface area contributed by atoms with Gasteiger partial charge in [-0.2, -0.15) is 0 Å². The molecule has 0 unspecified atom stereocenters. The molecular formula is C21H26FNO3. The van der Waals surface area contributed by atoms with Crippen molar-refractivity contribution < 1.29 is 19.4 Å². The van der Waals surface area contributed by atoms with Gasteiger partial charge in [-0.1, -0.05) is 49.9 Å². The van der Waals surface area contributed by atoms with Crippen LogP contribution in [-0.2, 0) is 0 Å². The Kier molecular flexibility index (Phi) is 7.45. The smallest absolute Gasteiger partial charge is 0.165 e. The molecule has 0 aromatic heterocycles. The summed E-state index contributed by atoms with van der Waals surface area (Å²) in [5, 5.41) is 22.9. The molecule has 0 fully saturated rings. The van der Waals surface area contributed by atoms with Crippen molar-refractivity contribution in [2.45, 2.75) is 45.4 Å². The molecule has 0 heterocycles. The van der Waals surface area contributed by atoms with E-state index in [4.69, 9.17) is 4.74 Å². The Bertz CT molecular complexity index is 759. The van der Waals surface area contributed by atoms with E-state index in [1.54, 1.807) is 24.3 Å². The van der Waals surface area contributed by atoms with Gasteiger partial charge in [0.05, 0.1) is 12.8 Å². The molecule has 0 saturated carbocycles. The maximum atomic E-state index is 14.0. The van der Waals surface area contributed by atoms with Crippen LogP contribution in [0.5, 0.6) is 11.5 Å². The number of rotatable bonds is 9. The van der Waals surface area contributed by atoms with Gasteiger partial charge in [0.25, 0.3) is 0 Å². The zero-order valence-corrected chi connectivity index (χ0v) is 15.3. The van der Waals surface area contributed by atoms with Crippen LogP contribution in [0.4, 0.5) is 4.39 Å². The number of ether oxygens (including phenoxy) is 1. The summed E-state index contributed by atoms with van der Waals surface area (Å²) in [7, 11) is 1.42. The Hall–Kier alpha value is -2.56. The van der Waals surface area contributed by atoms with E-state index in [0.717, 1.165) is 24.8 Å². The number of benzene rings is 2.